The Balaban J connectivity index is 1.34. The molecule has 140 valence electrons. The third kappa shape index (κ3) is 3.76. The second kappa shape index (κ2) is 7.56. The van der Waals surface area contributed by atoms with Crippen molar-refractivity contribution in [3.63, 3.8) is 0 Å². The zero-order valence-electron chi connectivity index (χ0n) is 14.8. The lowest BCUT2D eigenvalue weighted by atomic mass is 10.2. The van der Waals surface area contributed by atoms with E-state index in [0.717, 1.165) is 10.9 Å². The van der Waals surface area contributed by atoms with Crippen LogP contribution in [0.3, 0.4) is 0 Å². The van der Waals surface area contributed by atoms with Crippen molar-refractivity contribution in [3.8, 4) is 0 Å². The first-order valence-electron chi connectivity index (χ1n) is 9.00. The topological polar surface area (TPSA) is 41.4 Å². The van der Waals surface area contributed by atoms with Gasteiger partial charge in [-0.1, -0.05) is 23.7 Å². The van der Waals surface area contributed by atoms with Crippen LogP contribution in [0.25, 0.3) is 10.9 Å². The molecule has 0 N–H and O–H groups in total. The summed E-state index contributed by atoms with van der Waals surface area (Å²) in [6, 6.07) is 12.4. The maximum atomic E-state index is 13.9. The normalized spacial score (nSPS) is 14.7. The van der Waals surface area contributed by atoms with E-state index in [1.54, 1.807) is 18.3 Å². The first kappa shape index (κ1) is 17.8. The standard InChI is InChI=1S/C20H20ClFN4O/c21-16-6-5-15-14-23-26(19(15)13-16)8-7-20(27)25-11-9-24(10-12-25)18-4-2-1-3-17(18)22/h1-6,13-14H,7-12H2. The fraction of sp³-hybridized carbons (Fsp3) is 0.300. The van der Waals surface area contributed by atoms with E-state index >= 15 is 0 Å². The highest BCUT2D eigenvalue weighted by molar-refractivity contribution is 6.31. The third-order valence-electron chi connectivity index (χ3n) is 4.97. The molecule has 1 saturated heterocycles. The number of nitrogens with zero attached hydrogens (tertiary/aromatic N) is 4. The lowest BCUT2D eigenvalue weighted by Gasteiger charge is -2.36. The molecule has 1 fully saturated rings. The minimum Gasteiger partial charge on any atom is -0.366 e. The van der Waals surface area contributed by atoms with E-state index in [1.165, 1.54) is 6.07 Å². The number of hydrogen-bond donors (Lipinski definition) is 0. The second-order valence-corrected chi connectivity index (χ2v) is 7.08. The number of amides is 1. The van der Waals surface area contributed by atoms with E-state index in [1.807, 2.05) is 38.7 Å². The molecule has 1 aromatic heterocycles. The molecule has 5 nitrogen and oxygen atoms in total. The molecular weight excluding hydrogens is 367 g/mol. The number of anilines is 1. The lowest BCUT2D eigenvalue weighted by molar-refractivity contribution is -0.131. The van der Waals surface area contributed by atoms with Gasteiger partial charge in [-0.05, 0) is 30.3 Å². The lowest BCUT2D eigenvalue weighted by Crippen LogP contribution is -2.49. The predicted molar refractivity (Wildman–Crippen MR) is 105 cm³/mol. The first-order chi connectivity index (χ1) is 13.1. The molecule has 0 atom stereocenters. The van der Waals surface area contributed by atoms with Gasteiger partial charge in [0.05, 0.1) is 23.9 Å². The number of fused-ring (bicyclic) bond motifs is 1. The largest absolute Gasteiger partial charge is 0.366 e. The number of carbonyl (C=O) groups excluding carboxylic acids is 1. The molecule has 4 rings (SSSR count). The molecule has 3 aromatic rings. The van der Waals surface area contributed by atoms with E-state index in [0.29, 0.717) is 49.9 Å². The van der Waals surface area contributed by atoms with Crippen molar-refractivity contribution in [2.24, 2.45) is 0 Å². The average molecular weight is 387 g/mol. The van der Waals surface area contributed by atoms with E-state index in [2.05, 4.69) is 5.10 Å². The van der Waals surface area contributed by atoms with Gasteiger partial charge >= 0.3 is 0 Å². The van der Waals surface area contributed by atoms with Crippen LogP contribution in [0.5, 0.6) is 0 Å². The van der Waals surface area contributed by atoms with Crippen molar-refractivity contribution >= 4 is 34.1 Å². The molecule has 0 bridgehead atoms. The average Bonchev–Trinajstić information content (AvgIpc) is 3.09. The molecule has 0 unspecified atom stereocenters. The fourth-order valence-electron chi connectivity index (χ4n) is 3.49. The molecule has 7 heteroatoms. The van der Waals surface area contributed by atoms with Crippen LogP contribution in [0.1, 0.15) is 6.42 Å². The van der Waals surface area contributed by atoms with Gasteiger partial charge < -0.3 is 9.80 Å². The Kier molecular flexibility index (Phi) is 4.99. The Morgan fingerprint density at radius 3 is 2.67 bits per heavy atom. The fourth-order valence-corrected chi connectivity index (χ4v) is 3.65. The summed E-state index contributed by atoms with van der Waals surface area (Å²) in [4.78, 5) is 16.4. The summed E-state index contributed by atoms with van der Waals surface area (Å²) in [5, 5.41) is 6.01. The van der Waals surface area contributed by atoms with Gasteiger partial charge in [0.1, 0.15) is 5.82 Å². The van der Waals surface area contributed by atoms with E-state index in [-0.39, 0.29) is 11.7 Å². The maximum absolute atomic E-state index is 13.9. The van der Waals surface area contributed by atoms with Gasteiger partial charge in [0.25, 0.3) is 0 Å². The van der Waals surface area contributed by atoms with Gasteiger partial charge in [-0.15, -0.1) is 0 Å². The van der Waals surface area contributed by atoms with Gasteiger partial charge in [0.15, 0.2) is 0 Å². The molecule has 0 aliphatic carbocycles. The quantitative estimate of drug-likeness (QED) is 0.688. The van der Waals surface area contributed by atoms with Crippen molar-refractivity contribution in [3.05, 3.63) is 59.5 Å². The monoisotopic (exact) mass is 386 g/mol. The van der Waals surface area contributed by atoms with Crippen LogP contribution >= 0.6 is 11.6 Å². The van der Waals surface area contributed by atoms with Crippen LogP contribution in [0.4, 0.5) is 10.1 Å². The van der Waals surface area contributed by atoms with Gasteiger partial charge in [0, 0.05) is 43.0 Å². The van der Waals surface area contributed by atoms with E-state index in [9.17, 15) is 9.18 Å². The van der Waals surface area contributed by atoms with Crippen LogP contribution in [0.15, 0.2) is 48.7 Å². The van der Waals surface area contributed by atoms with Gasteiger partial charge in [-0.3, -0.25) is 9.48 Å². The number of para-hydroxylation sites is 1. The highest BCUT2D eigenvalue weighted by Crippen LogP contribution is 2.21. The van der Waals surface area contributed by atoms with Crippen molar-refractivity contribution in [2.75, 3.05) is 31.1 Å². The number of halogens is 2. The number of aryl methyl sites for hydroxylation is 1. The van der Waals surface area contributed by atoms with Gasteiger partial charge in [0.2, 0.25) is 5.91 Å². The van der Waals surface area contributed by atoms with Crippen molar-refractivity contribution in [1.29, 1.82) is 0 Å². The van der Waals surface area contributed by atoms with Crippen LogP contribution in [0, 0.1) is 5.82 Å². The minimum absolute atomic E-state index is 0.0915. The molecule has 1 aliphatic heterocycles. The molecule has 0 saturated carbocycles. The Labute approximate surface area is 161 Å². The van der Waals surface area contributed by atoms with Crippen molar-refractivity contribution in [2.45, 2.75) is 13.0 Å². The zero-order chi connectivity index (χ0) is 18.8. The van der Waals surface area contributed by atoms with Crippen LogP contribution in [-0.2, 0) is 11.3 Å². The SMILES string of the molecule is O=C(CCn1ncc2ccc(Cl)cc21)N1CCN(c2ccccc2F)CC1. The summed E-state index contributed by atoms with van der Waals surface area (Å²) in [5.74, 6) is -0.129. The van der Waals surface area contributed by atoms with Crippen molar-refractivity contribution < 1.29 is 9.18 Å². The van der Waals surface area contributed by atoms with E-state index < -0.39 is 0 Å². The maximum Gasteiger partial charge on any atom is 0.224 e. The zero-order valence-corrected chi connectivity index (χ0v) is 15.6. The van der Waals surface area contributed by atoms with Gasteiger partial charge in [-0.25, -0.2) is 4.39 Å². The summed E-state index contributed by atoms with van der Waals surface area (Å²) in [5.41, 5.74) is 1.53. The number of piperazine rings is 1. The van der Waals surface area contributed by atoms with Crippen LogP contribution in [-0.4, -0.2) is 46.8 Å². The molecule has 2 aromatic carbocycles. The number of carbonyl (C=O) groups is 1. The van der Waals surface area contributed by atoms with Gasteiger partial charge in [-0.2, -0.15) is 5.10 Å². The van der Waals surface area contributed by atoms with Crippen LogP contribution in [0.2, 0.25) is 5.02 Å². The Morgan fingerprint density at radius 1 is 1.11 bits per heavy atom. The summed E-state index contributed by atoms with van der Waals surface area (Å²) in [6.45, 7) is 2.97. The number of aromatic nitrogens is 2. The molecule has 0 spiro atoms. The molecular formula is C20H20ClFN4O. The third-order valence-corrected chi connectivity index (χ3v) is 5.20. The van der Waals surface area contributed by atoms with E-state index in [4.69, 9.17) is 11.6 Å². The predicted octanol–water partition coefficient (Wildman–Crippen LogP) is 3.57. The Bertz CT molecular complexity index is 966. The molecule has 1 aliphatic rings. The smallest absolute Gasteiger partial charge is 0.224 e. The molecule has 2 heterocycles. The number of benzene rings is 2. The first-order valence-corrected chi connectivity index (χ1v) is 9.38. The van der Waals surface area contributed by atoms with Crippen LogP contribution < -0.4 is 4.90 Å². The summed E-state index contributed by atoms with van der Waals surface area (Å²) >= 11 is 6.06. The summed E-state index contributed by atoms with van der Waals surface area (Å²) in [6.07, 6.45) is 2.16. The Morgan fingerprint density at radius 2 is 1.89 bits per heavy atom. The molecule has 27 heavy (non-hydrogen) atoms. The highest BCUT2D eigenvalue weighted by Gasteiger charge is 2.22. The molecule has 1 amide bonds. The summed E-state index contributed by atoms with van der Waals surface area (Å²) in [7, 11) is 0. The van der Waals surface area contributed by atoms with Crippen molar-refractivity contribution in [1.82, 2.24) is 14.7 Å². The molecule has 0 radical (unpaired) electrons. The second-order valence-electron chi connectivity index (χ2n) is 6.64. The minimum atomic E-state index is -0.221. The number of hydrogen-bond acceptors (Lipinski definition) is 3. The highest BCUT2D eigenvalue weighted by atomic mass is 35.5. The number of rotatable bonds is 4. The summed E-state index contributed by atoms with van der Waals surface area (Å²) < 4.78 is 15.7. The Hall–Kier alpha value is -2.60.